The summed E-state index contributed by atoms with van der Waals surface area (Å²) < 4.78 is 11.1. The maximum Gasteiger partial charge on any atom is 0.225 e. The molecule has 0 bridgehead atoms. The third-order valence-electron chi connectivity index (χ3n) is 4.82. The molecule has 28 heavy (non-hydrogen) atoms. The summed E-state index contributed by atoms with van der Waals surface area (Å²) in [6.07, 6.45) is 1.84. The van der Waals surface area contributed by atoms with Crippen LogP contribution in [0.15, 0.2) is 29.3 Å². The molecule has 1 aliphatic heterocycles. The van der Waals surface area contributed by atoms with Crippen molar-refractivity contribution in [2.24, 2.45) is 10.9 Å². The van der Waals surface area contributed by atoms with Crippen molar-refractivity contribution in [1.82, 2.24) is 15.5 Å². The first-order valence-electron chi connectivity index (χ1n) is 9.99. The second-order valence-electron chi connectivity index (χ2n) is 7.46. The predicted molar refractivity (Wildman–Crippen MR) is 112 cm³/mol. The van der Waals surface area contributed by atoms with Gasteiger partial charge in [0.05, 0.1) is 13.7 Å². The molecule has 1 amide bonds. The van der Waals surface area contributed by atoms with Gasteiger partial charge in [0.25, 0.3) is 0 Å². The van der Waals surface area contributed by atoms with Gasteiger partial charge in [0, 0.05) is 32.1 Å². The van der Waals surface area contributed by atoms with Gasteiger partial charge in [-0.15, -0.1) is 0 Å². The van der Waals surface area contributed by atoms with Crippen LogP contribution in [-0.4, -0.2) is 62.7 Å². The van der Waals surface area contributed by atoms with E-state index in [1.165, 1.54) is 0 Å². The van der Waals surface area contributed by atoms with Crippen molar-refractivity contribution >= 4 is 11.9 Å². The largest absolute Gasteiger partial charge is 0.497 e. The van der Waals surface area contributed by atoms with Crippen LogP contribution in [0.25, 0.3) is 0 Å². The van der Waals surface area contributed by atoms with Crippen LogP contribution in [0.4, 0.5) is 0 Å². The quantitative estimate of drug-likeness (QED) is 0.552. The molecule has 0 saturated carbocycles. The number of ether oxygens (including phenoxy) is 2. The summed E-state index contributed by atoms with van der Waals surface area (Å²) in [6.45, 7) is 8.14. The number of aliphatic imine (C=N–C) groups is 1. The lowest BCUT2D eigenvalue weighted by molar-refractivity contribution is -0.135. The second-order valence-corrected chi connectivity index (χ2v) is 7.46. The summed E-state index contributed by atoms with van der Waals surface area (Å²) in [5, 5.41) is 6.78. The number of hydrogen-bond acceptors (Lipinski definition) is 4. The highest BCUT2D eigenvalue weighted by molar-refractivity contribution is 5.80. The Morgan fingerprint density at radius 2 is 1.79 bits per heavy atom. The van der Waals surface area contributed by atoms with E-state index < -0.39 is 0 Å². The van der Waals surface area contributed by atoms with Gasteiger partial charge in [-0.25, -0.2) is 0 Å². The number of carbonyl (C=O) groups excluding carboxylic acids is 1. The molecule has 7 heteroatoms. The number of likely N-dealkylation sites (tertiary alicyclic amines) is 1. The van der Waals surface area contributed by atoms with Crippen LogP contribution in [0, 0.1) is 5.92 Å². The highest BCUT2D eigenvalue weighted by Crippen LogP contribution is 2.18. The fourth-order valence-corrected chi connectivity index (χ4v) is 3.17. The standard InChI is InChI=1S/C21H34N4O3/c1-15(2)20(26)25-12-10-17(11-13-25)24-21(22-4)23-14-16(3)28-19-8-6-18(27-5)7-9-19/h6-9,15-17H,10-14H2,1-5H3,(H2,22,23,24). The monoisotopic (exact) mass is 390 g/mol. The molecule has 7 nitrogen and oxygen atoms in total. The molecule has 1 aromatic carbocycles. The zero-order valence-corrected chi connectivity index (χ0v) is 17.7. The van der Waals surface area contributed by atoms with E-state index >= 15 is 0 Å². The second kappa shape index (κ2) is 10.8. The number of hydrogen-bond donors (Lipinski definition) is 2. The highest BCUT2D eigenvalue weighted by Gasteiger charge is 2.24. The van der Waals surface area contributed by atoms with Crippen molar-refractivity contribution in [2.75, 3.05) is 33.8 Å². The summed E-state index contributed by atoms with van der Waals surface area (Å²) in [6, 6.07) is 7.88. The fraction of sp³-hybridized carbons (Fsp3) is 0.619. The molecular formula is C21H34N4O3. The van der Waals surface area contributed by atoms with Gasteiger partial charge in [0.15, 0.2) is 5.96 Å². The molecule has 1 unspecified atom stereocenters. The minimum atomic E-state index is -0.0162. The molecule has 156 valence electrons. The van der Waals surface area contributed by atoms with Gasteiger partial charge < -0.3 is 25.0 Å². The number of piperidine rings is 1. The van der Waals surface area contributed by atoms with Gasteiger partial charge in [-0.3, -0.25) is 9.79 Å². The van der Waals surface area contributed by atoms with Crippen molar-refractivity contribution < 1.29 is 14.3 Å². The average molecular weight is 391 g/mol. The Balaban J connectivity index is 1.73. The molecule has 1 atom stereocenters. The summed E-state index contributed by atoms with van der Waals surface area (Å²) in [7, 11) is 3.41. The number of methoxy groups -OCH3 is 1. The summed E-state index contributed by atoms with van der Waals surface area (Å²) in [4.78, 5) is 18.4. The van der Waals surface area contributed by atoms with E-state index in [4.69, 9.17) is 9.47 Å². The predicted octanol–water partition coefficient (Wildman–Crippen LogP) is 2.27. The molecule has 2 rings (SSSR count). The van der Waals surface area contributed by atoms with Gasteiger partial charge in [0.1, 0.15) is 17.6 Å². The van der Waals surface area contributed by atoms with Crippen molar-refractivity contribution in [3.8, 4) is 11.5 Å². The zero-order valence-electron chi connectivity index (χ0n) is 17.7. The first-order chi connectivity index (χ1) is 13.4. The smallest absolute Gasteiger partial charge is 0.225 e. The third-order valence-corrected chi connectivity index (χ3v) is 4.82. The summed E-state index contributed by atoms with van der Waals surface area (Å²) in [5.74, 6) is 2.68. The van der Waals surface area contributed by atoms with Crippen LogP contribution >= 0.6 is 0 Å². The zero-order chi connectivity index (χ0) is 20.5. The lowest BCUT2D eigenvalue weighted by atomic mass is 10.0. The van der Waals surface area contributed by atoms with Gasteiger partial charge in [-0.05, 0) is 44.0 Å². The molecule has 0 radical (unpaired) electrons. The Kier molecular flexibility index (Phi) is 8.42. The van der Waals surface area contributed by atoms with Crippen molar-refractivity contribution in [3.05, 3.63) is 24.3 Å². The van der Waals surface area contributed by atoms with Crippen molar-refractivity contribution in [2.45, 2.75) is 45.8 Å². The average Bonchev–Trinajstić information content (AvgIpc) is 2.71. The van der Waals surface area contributed by atoms with Crippen LogP contribution < -0.4 is 20.1 Å². The SMILES string of the molecule is CN=C(NCC(C)Oc1ccc(OC)cc1)NC1CCN(C(=O)C(C)C)CC1. The van der Waals surface area contributed by atoms with Gasteiger partial charge in [-0.2, -0.15) is 0 Å². The van der Waals surface area contributed by atoms with E-state index in [2.05, 4.69) is 15.6 Å². The molecule has 1 aromatic rings. The lowest BCUT2D eigenvalue weighted by Crippen LogP contribution is -2.51. The Bertz CT molecular complexity index is 638. The van der Waals surface area contributed by atoms with Crippen LogP contribution in [0.1, 0.15) is 33.6 Å². The third kappa shape index (κ3) is 6.62. The van der Waals surface area contributed by atoms with Crippen LogP contribution in [0.5, 0.6) is 11.5 Å². The fourth-order valence-electron chi connectivity index (χ4n) is 3.17. The molecule has 0 aromatic heterocycles. The van der Waals surface area contributed by atoms with E-state index in [-0.39, 0.29) is 17.9 Å². The van der Waals surface area contributed by atoms with Crippen LogP contribution in [-0.2, 0) is 4.79 Å². The number of nitrogens with zero attached hydrogens (tertiary/aromatic N) is 2. The van der Waals surface area contributed by atoms with Gasteiger partial charge in [-0.1, -0.05) is 13.8 Å². The molecule has 1 fully saturated rings. The van der Waals surface area contributed by atoms with Crippen molar-refractivity contribution in [3.63, 3.8) is 0 Å². The molecule has 2 N–H and O–H groups in total. The van der Waals surface area contributed by atoms with E-state index in [0.29, 0.717) is 12.6 Å². The lowest BCUT2D eigenvalue weighted by Gasteiger charge is -2.34. The number of benzene rings is 1. The minimum Gasteiger partial charge on any atom is -0.497 e. The number of rotatable bonds is 7. The molecule has 1 aliphatic rings. The minimum absolute atomic E-state index is 0.0162. The first-order valence-corrected chi connectivity index (χ1v) is 9.99. The van der Waals surface area contributed by atoms with E-state index in [9.17, 15) is 4.79 Å². The first kappa shape index (κ1) is 21.9. The highest BCUT2D eigenvalue weighted by atomic mass is 16.5. The van der Waals surface area contributed by atoms with E-state index in [1.54, 1.807) is 14.2 Å². The summed E-state index contributed by atoms with van der Waals surface area (Å²) in [5.41, 5.74) is 0. The number of carbonyl (C=O) groups is 1. The topological polar surface area (TPSA) is 75.2 Å². The van der Waals surface area contributed by atoms with E-state index in [1.807, 2.05) is 49.9 Å². The van der Waals surface area contributed by atoms with Gasteiger partial charge >= 0.3 is 0 Å². The number of guanidine groups is 1. The molecular weight excluding hydrogens is 356 g/mol. The maximum atomic E-state index is 12.1. The Morgan fingerprint density at radius 3 is 2.32 bits per heavy atom. The van der Waals surface area contributed by atoms with Crippen LogP contribution in [0.3, 0.4) is 0 Å². The normalized spacial score (nSPS) is 16.6. The Hall–Kier alpha value is -2.44. The molecule has 1 heterocycles. The summed E-state index contributed by atoms with van der Waals surface area (Å²) >= 11 is 0. The molecule has 0 aliphatic carbocycles. The number of amides is 1. The Labute approximate surface area is 168 Å². The number of nitrogens with one attached hydrogen (secondary N) is 2. The van der Waals surface area contributed by atoms with Gasteiger partial charge in [0.2, 0.25) is 5.91 Å². The van der Waals surface area contributed by atoms with E-state index in [0.717, 1.165) is 43.4 Å². The maximum absolute atomic E-state index is 12.1. The Morgan fingerprint density at radius 1 is 1.18 bits per heavy atom. The molecule has 0 spiro atoms. The molecule has 1 saturated heterocycles. The van der Waals surface area contributed by atoms with Crippen LogP contribution in [0.2, 0.25) is 0 Å². The van der Waals surface area contributed by atoms with Crippen molar-refractivity contribution in [1.29, 1.82) is 0 Å².